The van der Waals surface area contributed by atoms with Gasteiger partial charge >= 0.3 is 0 Å². The number of fused-ring (bicyclic) bond motifs is 1. The Kier molecular flexibility index (Phi) is 4.17. The molecule has 0 unspecified atom stereocenters. The lowest BCUT2D eigenvalue weighted by molar-refractivity contribution is 0.295. The third-order valence-electron chi connectivity index (χ3n) is 2.92. The van der Waals surface area contributed by atoms with E-state index >= 15 is 0 Å². The maximum atomic E-state index is 8.62. The van der Waals surface area contributed by atoms with Gasteiger partial charge in [0.05, 0.1) is 6.54 Å². The summed E-state index contributed by atoms with van der Waals surface area (Å²) < 4.78 is 1.30. The lowest BCUT2D eigenvalue weighted by Gasteiger charge is -2.19. The molecule has 4 nitrogen and oxygen atoms in total. The highest BCUT2D eigenvalue weighted by Crippen LogP contribution is 2.26. The zero-order valence-corrected chi connectivity index (χ0v) is 11.2. The Hall–Kier alpha value is -1.59. The summed E-state index contributed by atoms with van der Waals surface area (Å²) in [6, 6.07) is 8.37. The van der Waals surface area contributed by atoms with Crippen molar-refractivity contribution in [3.05, 3.63) is 35.2 Å². The number of hydrogen-bond donors (Lipinski definition) is 2. The Morgan fingerprint density at radius 1 is 1.44 bits per heavy atom. The summed E-state index contributed by atoms with van der Waals surface area (Å²) in [5.41, 5.74) is 6.85. The molecule has 0 amide bonds. The Morgan fingerprint density at radius 2 is 2.22 bits per heavy atom. The van der Waals surface area contributed by atoms with Gasteiger partial charge in [0, 0.05) is 11.2 Å². The predicted molar refractivity (Wildman–Crippen MR) is 76.2 cm³/mol. The first-order valence-corrected chi connectivity index (χ1v) is 6.76. The largest absolute Gasteiger partial charge is 0.409 e. The summed E-state index contributed by atoms with van der Waals surface area (Å²) in [5, 5.41) is 15.1. The average Bonchev–Trinajstić information content (AvgIpc) is 2.81. The molecule has 0 fully saturated rings. The van der Waals surface area contributed by atoms with Crippen LogP contribution in [0.5, 0.6) is 0 Å². The molecular weight excluding hydrogens is 246 g/mol. The van der Waals surface area contributed by atoms with Crippen molar-refractivity contribution in [2.24, 2.45) is 10.9 Å². The molecule has 0 spiro atoms. The van der Waals surface area contributed by atoms with Crippen molar-refractivity contribution in [3.8, 4) is 0 Å². The van der Waals surface area contributed by atoms with E-state index in [1.807, 2.05) is 0 Å². The fraction of sp³-hybridized carbons (Fsp3) is 0.308. The smallest absolute Gasteiger partial charge is 0.153 e. The zero-order valence-electron chi connectivity index (χ0n) is 10.3. The molecule has 0 aliphatic carbocycles. The maximum Gasteiger partial charge on any atom is 0.153 e. The van der Waals surface area contributed by atoms with Crippen molar-refractivity contribution in [1.29, 1.82) is 0 Å². The van der Waals surface area contributed by atoms with Gasteiger partial charge in [-0.25, -0.2) is 0 Å². The van der Waals surface area contributed by atoms with Crippen LogP contribution in [0.2, 0.25) is 0 Å². The minimum atomic E-state index is 0.247. The van der Waals surface area contributed by atoms with E-state index in [-0.39, 0.29) is 5.84 Å². The highest BCUT2D eigenvalue weighted by atomic mass is 32.1. The van der Waals surface area contributed by atoms with Gasteiger partial charge in [-0.2, -0.15) is 0 Å². The molecule has 3 N–H and O–H groups in total. The third-order valence-corrected chi connectivity index (χ3v) is 3.93. The molecule has 1 heterocycles. The van der Waals surface area contributed by atoms with E-state index in [9.17, 15) is 0 Å². The van der Waals surface area contributed by atoms with Crippen molar-refractivity contribution in [1.82, 2.24) is 4.90 Å². The quantitative estimate of drug-likeness (QED) is 0.377. The average molecular weight is 263 g/mol. The number of thiophene rings is 1. The molecule has 5 heteroatoms. The predicted octanol–water partition coefficient (Wildman–Crippen LogP) is 2.47. The summed E-state index contributed by atoms with van der Waals surface area (Å²) in [6.07, 6.45) is 0. The second-order valence-electron chi connectivity index (χ2n) is 4.15. The molecule has 2 aromatic rings. The van der Waals surface area contributed by atoms with Crippen LogP contribution in [0, 0.1) is 0 Å². The van der Waals surface area contributed by atoms with Crippen LogP contribution >= 0.6 is 11.3 Å². The van der Waals surface area contributed by atoms with Crippen LogP contribution in [-0.2, 0) is 6.54 Å². The van der Waals surface area contributed by atoms with Crippen LogP contribution in [-0.4, -0.2) is 29.0 Å². The molecule has 0 atom stereocenters. The molecule has 1 aromatic carbocycles. The van der Waals surface area contributed by atoms with E-state index < -0.39 is 0 Å². The molecule has 2 rings (SSSR count). The molecule has 0 aliphatic rings. The van der Waals surface area contributed by atoms with Gasteiger partial charge in [0.25, 0.3) is 0 Å². The molecule has 0 radical (unpaired) electrons. The van der Waals surface area contributed by atoms with Crippen LogP contribution in [0.25, 0.3) is 10.1 Å². The Labute approximate surface area is 110 Å². The SMILES string of the molecule is CCN(CC(N)=NO)Cc1csc2ccccc12. The van der Waals surface area contributed by atoms with Gasteiger partial charge in [-0.1, -0.05) is 30.3 Å². The molecule has 1 aromatic heterocycles. The second kappa shape index (κ2) is 5.84. The van der Waals surface area contributed by atoms with Crippen LogP contribution in [0.15, 0.2) is 34.8 Å². The first-order chi connectivity index (χ1) is 8.74. The molecule has 0 bridgehead atoms. The van der Waals surface area contributed by atoms with Crippen LogP contribution < -0.4 is 5.73 Å². The van der Waals surface area contributed by atoms with Crippen LogP contribution in [0.3, 0.4) is 0 Å². The van der Waals surface area contributed by atoms with Crippen molar-refractivity contribution in [3.63, 3.8) is 0 Å². The van der Waals surface area contributed by atoms with Crippen molar-refractivity contribution in [2.45, 2.75) is 13.5 Å². The summed E-state index contributed by atoms with van der Waals surface area (Å²) in [4.78, 5) is 2.14. The summed E-state index contributed by atoms with van der Waals surface area (Å²) in [5.74, 6) is 0.247. The summed E-state index contributed by atoms with van der Waals surface area (Å²) in [6.45, 7) is 4.23. The maximum absolute atomic E-state index is 8.62. The number of rotatable bonds is 5. The first-order valence-electron chi connectivity index (χ1n) is 5.88. The molecule has 0 saturated heterocycles. The molecule has 18 heavy (non-hydrogen) atoms. The highest BCUT2D eigenvalue weighted by Gasteiger charge is 2.09. The fourth-order valence-corrected chi connectivity index (χ4v) is 2.89. The van der Waals surface area contributed by atoms with Crippen molar-refractivity contribution < 1.29 is 5.21 Å². The second-order valence-corrected chi connectivity index (χ2v) is 5.06. The number of amidine groups is 1. The number of nitrogens with zero attached hydrogens (tertiary/aromatic N) is 2. The highest BCUT2D eigenvalue weighted by molar-refractivity contribution is 7.17. The topological polar surface area (TPSA) is 61.8 Å². The number of nitrogens with two attached hydrogens (primary N) is 1. The van der Waals surface area contributed by atoms with Gasteiger partial charge in [-0.05, 0) is 28.9 Å². The van der Waals surface area contributed by atoms with Crippen LogP contribution in [0.4, 0.5) is 0 Å². The number of oxime groups is 1. The monoisotopic (exact) mass is 263 g/mol. The molecule has 0 aliphatic heterocycles. The Morgan fingerprint density at radius 3 is 2.94 bits per heavy atom. The number of hydrogen-bond acceptors (Lipinski definition) is 4. The van der Waals surface area contributed by atoms with Gasteiger partial charge in [0.1, 0.15) is 0 Å². The van der Waals surface area contributed by atoms with E-state index in [4.69, 9.17) is 10.9 Å². The summed E-state index contributed by atoms with van der Waals surface area (Å²) in [7, 11) is 0. The molecular formula is C13H17N3OS. The van der Waals surface area contributed by atoms with E-state index in [0.717, 1.165) is 13.1 Å². The van der Waals surface area contributed by atoms with E-state index in [0.29, 0.717) is 6.54 Å². The van der Waals surface area contributed by atoms with Crippen LogP contribution in [0.1, 0.15) is 12.5 Å². The van der Waals surface area contributed by atoms with Gasteiger partial charge < -0.3 is 10.9 Å². The van der Waals surface area contributed by atoms with Crippen molar-refractivity contribution >= 4 is 27.3 Å². The lowest BCUT2D eigenvalue weighted by Crippen LogP contribution is -2.33. The minimum absolute atomic E-state index is 0.247. The molecule has 0 saturated carbocycles. The Bertz CT molecular complexity index is 550. The van der Waals surface area contributed by atoms with Crippen molar-refractivity contribution in [2.75, 3.05) is 13.1 Å². The third kappa shape index (κ3) is 2.80. The summed E-state index contributed by atoms with van der Waals surface area (Å²) >= 11 is 1.75. The Balaban J connectivity index is 2.16. The number of benzene rings is 1. The van der Waals surface area contributed by atoms with Gasteiger partial charge in [0.2, 0.25) is 0 Å². The lowest BCUT2D eigenvalue weighted by atomic mass is 10.1. The molecule has 96 valence electrons. The van der Waals surface area contributed by atoms with Gasteiger partial charge in [-0.15, -0.1) is 11.3 Å². The minimum Gasteiger partial charge on any atom is -0.409 e. The zero-order chi connectivity index (χ0) is 13.0. The normalized spacial score (nSPS) is 12.4. The van der Waals surface area contributed by atoms with E-state index in [2.05, 4.69) is 46.6 Å². The number of likely N-dealkylation sites (N-methyl/N-ethyl adjacent to an activating group) is 1. The van der Waals surface area contributed by atoms with Gasteiger partial charge in [0.15, 0.2) is 5.84 Å². The van der Waals surface area contributed by atoms with E-state index in [1.165, 1.54) is 15.6 Å². The standard InChI is InChI=1S/C13H17N3OS/c1-2-16(8-13(14)15-17)7-10-9-18-12-6-4-3-5-11(10)12/h3-6,9,17H,2,7-8H2,1H3,(H2,14,15). The first kappa shape index (κ1) is 12.9. The van der Waals surface area contributed by atoms with E-state index in [1.54, 1.807) is 11.3 Å². The fourth-order valence-electron chi connectivity index (χ4n) is 1.94. The van der Waals surface area contributed by atoms with Gasteiger partial charge in [-0.3, -0.25) is 4.90 Å².